The fourth-order valence-electron chi connectivity index (χ4n) is 1.90. The van der Waals surface area contributed by atoms with E-state index in [9.17, 15) is 9.59 Å². The van der Waals surface area contributed by atoms with Gasteiger partial charge >= 0.3 is 0 Å². The molecule has 1 aliphatic heterocycles. The van der Waals surface area contributed by atoms with Gasteiger partial charge in [0.1, 0.15) is 0 Å². The molecule has 6 nitrogen and oxygen atoms in total. The second-order valence-corrected chi connectivity index (χ2v) is 4.42. The van der Waals surface area contributed by atoms with Crippen molar-refractivity contribution < 1.29 is 14.3 Å². The van der Waals surface area contributed by atoms with Gasteiger partial charge in [0.05, 0.1) is 19.1 Å². The molecule has 2 atom stereocenters. The number of amides is 2. The molecule has 2 unspecified atom stereocenters. The second kappa shape index (κ2) is 8.05. The van der Waals surface area contributed by atoms with Gasteiger partial charge in [0.15, 0.2) is 0 Å². The van der Waals surface area contributed by atoms with Gasteiger partial charge < -0.3 is 20.7 Å². The first-order valence-electron chi connectivity index (χ1n) is 6.48. The SMILES string of the molecule is CCCNC1COCC1C(=O)NCCC(=O)NC. The number of ether oxygens (including phenoxy) is 1. The van der Waals surface area contributed by atoms with Gasteiger partial charge in [-0.15, -0.1) is 0 Å². The molecule has 0 aromatic heterocycles. The van der Waals surface area contributed by atoms with Crippen LogP contribution in [0.2, 0.25) is 0 Å². The quantitative estimate of drug-likeness (QED) is 0.561. The zero-order valence-electron chi connectivity index (χ0n) is 11.1. The van der Waals surface area contributed by atoms with E-state index < -0.39 is 0 Å². The summed E-state index contributed by atoms with van der Waals surface area (Å²) in [6, 6.07) is 0.0879. The van der Waals surface area contributed by atoms with Crippen LogP contribution in [0.4, 0.5) is 0 Å². The molecule has 2 amide bonds. The van der Waals surface area contributed by atoms with E-state index in [-0.39, 0.29) is 23.8 Å². The molecule has 104 valence electrons. The second-order valence-electron chi connectivity index (χ2n) is 4.42. The molecule has 18 heavy (non-hydrogen) atoms. The zero-order chi connectivity index (χ0) is 13.4. The van der Waals surface area contributed by atoms with Crippen LogP contribution in [0.1, 0.15) is 19.8 Å². The van der Waals surface area contributed by atoms with Crippen molar-refractivity contribution in [2.75, 3.05) is 33.4 Å². The van der Waals surface area contributed by atoms with Crippen LogP contribution in [0.25, 0.3) is 0 Å². The monoisotopic (exact) mass is 257 g/mol. The number of hydrogen-bond donors (Lipinski definition) is 3. The zero-order valence-corrected chi connectivity index (χ0v) is 11.1. The summed E-state index contributed by atoms with van der Waals surface area (Å²) in [5, 5.41) is 8.60. The minimum Gasteiger partial charge on any atom is -0.379 e. The van der Waals surface area contributed by atoms with Crippen LogP contribution in [0.3, 0.4) is 0 Å². The van der Waals surface area contributed by atoms with Crippen molar-refractivity contribution in [1.82, 2.24) is 16.0 Å². The standard InChI is InChI=1S/C12H23N3O3/c1-3-5-14-10-8-18-7-9(10)12(17)15-6-4-11(16)13-2/h9-10,14H,3-8H2,1-2H3,(H,13,16)(H,15,17). The summed E-state index contributed by atoms with van der Waals surface area (Å²) in [7, 11) is 1.58. The highest BCUT2D eigenvalue weighted by molar-refractivity contribution is 5.81. The highest BCUT2D eigenvalue weighted by atomic mass is 16.5. The van der Waals surface area contributed by atoms with Crippen molar-refractivity contribution in [2.24, 2.45) is 5.92 Å². The Balaban J connectivity index is 2.29. The molecule has 1 aliphatic rings. The first kappa shape index (κ1) is 14.9. The molecule has 0 aromatic carbocycles. The molecule has 3 N–H and O–H groups in total. The minimum absolute atomic E-state index is 0.0370. The maximum atomic E-state index is 11.9. The van der Waals surface area contributed by atoms with Crippen molar-refractivity contribution in [3.63, 3.8) is 0 Å². The lowest BCUT2D eigenvalue weighted by molar-refractivity contribution is -0.125. The molecule has 6 heteroatoms. The van der Waals surface area contributed by atoms with E-state index in [0.717, 1.165) is 13.0 Å². The third kappa shape index (κ3) is 4.62. The number of nitrogens with one attached hydrogen (secondary N) is 3. The average Bonchev–Trinajstić information content (AvgIpc) is 2.84. The highest BCUT2D eigenvalue weighted by Crippen LogP contribution is 2.13. The van der Waals surface area contributed by atoms with Crippen molar-refractivity contribution in [3.8, 4) is 0 Å². The molecule has 0 aromatic rings. The Morgan fingerprint density at radius 2 is 2.06 bits per heavy atom. The number of rotatable bonds is 7. The third-order valence-corrected chi connectivity index (χ3v) is 3.00. The van der Waals surface area contributed by atoms with E-state index in [0.29, 0.717) is 26.2 Å². The van der Waals surface area contributed by atoms with E-state index >= 15 is 0 Å². The summed E-state index contributed by atoms with van der Waals surface area (Å²) in [5.74, 6) is -0.259. The highest BCUT2D eigenvalue weighted by Gasteiger charge is 2.33. The van der Waals surface area contributed by atoms with Crippen molar-refractivity contribution in [3.05, 3.63) is 0 Å². The normalized spacial score (nSPS) is 22.8. The first-order valence-corrected chi connectivity index (χ1v) is 6.48. The Morgan fingerprint density at radius 1 is 1.28 bits per heavy atom. The van der Waals surface area contributed by atoms with Gasteiger partial charge in [0.2, 0.25) is 11.8 Å². The summed E-state index contributed by atoms with van der Waals surface area (Å²) in [6.45, 7) is 4.37. The Kier molecular flexibility index (Phi) is 6.67. The van der Waals surface area contributed by atoms with Crippen LogP contribution in [0.15, 0.2) is 0 Å². The molecule has 1 rings (SSSR count). The van der Waals surface area contributed by atoms with Crippen molar-refractivity contribution in [1.29, 1.82) is 0 Å². The lowest BCUT2D eigenvalue weighted by Crippen LogP contribution is -2.44. The molecule has 1 saturated heterocycles. The molecule has 0 aliphatic carbocycles. The van der Waals surface area contributed by atoms with Gasteiger partial charge in [-0.05, 0) is 13.0 Å². The number of hydrogen-bond acceptors (Lipinski definition) is 4. The minimum atomic E-state index is -0.152. The predicted molar refractivity (Wildman–Crippen MR) is 68.1 cm³/mol. The first-order chi connectivity index (χ1) is 8.69. The third-order valence-electron chi connectivity index (χ3n) is 3.00. The summed E-state index contributed by atoms with van der Waals surface area (Å²) in [5.41, 5.74) is 0. The largest absolute Gasteiger partial charge is 0.379 e. The van der Waals surface area contributed by atoms with Gasteiger partial charge in [-0.25, -0.2) is 0 Å². The van der Waals surface area contributed by atoms with Crippen LogP contribution < -0.4 is 16.0 Å². The smallest absolute Gasteiger partial charge is 0.227 e. The van der Waals surface area contributed by atoms with Crippen molar-refractivity contribution >= 4 is 11.8 Å². The Labute approximate surface area is 108 Å². The Morgan fingerprint density at radius 3 is 2.72 bits per heavy atom. The van der Waals surface area contributed by atoms with E-state index in [2.05, 4.69) is 22.9 Å². The van der Waals surface area contributed by atoms with E-state index in [1.807, 2.05) is 0 Å². The molecule has 0 spiro atoms. The van der Waals surface area contributed by atoms with E-state index in [1.165, 1.54) is 0 Å². The Bertz CT molecular complexity index is 284. The van der Waals surface area contributed by atoms with Gasteiger partial charge in [0.25, 0.3) is 0 Å². The van der Waals surface area contributed by atoms with Gasteiger partial charge in [-0.1, -0.05) is 6.92 Å². The van der Waals surface area contributed by atoms with Crippen LogP contribution in [-0.4, -0.2) is 51.2 Å². The molecular formula is C12H23N3O3. The fourth-order valence-corrected chi connectivity index (χ4v) is 1.90. The van der Waals surface area contributed by atoms with E-state index in [1.54, 1.807) is 7.05 Å². The summed E-state index contributed by atoms with van der Waals surface area (Å²) >= 11 is 0. The lowest BCUT2D eigenvalue weighted by atomic mass is 10.0. The van der Waals surface area contributed by atoms with E-state index in [4.69, 9.17) is 4.74 Å². The van der Waals surface area contributed by atoms with Crippen molar-refractivity contribution in [2.45, 2.75) is 25.8 Å². The topological polar surface area (TPSA) is 79.5 Å². The molecule has 0 saturated carbocycles. The average molecular weight is 257 g/mol. The van der Waals surface area contributed by atoms with Gasteiger partial charge in [0, 0.05) is 26.1 Å². The Hall–Kier alpha value is -1.14. The molecule has 1 fully saturated rings. The number of carbonyl (C=O) groups excluding carboxylic acids is 2. The maximum Gasteiger partial charge on any atom is 0.227 e. The predicted octanol–water partition coefficient (Wildman–Crippen LogP) is -0.747. The molecule has 1 heterocycles. The summed E-state index contributed by atoms with van der Waals surface area (Å²) in [6.07, 6.45) is 1.34. The van der Waals surface area contributed by atoms with Crippen LogP contribution in [0.5, 0.6) is 0 Å². The molecule has 0 radical (unpaired) electrons. The fraction of sp³-hybridized carbons (Fsp3) is 0.833. The summed E-state index contributed by atoms with van der Waals surface area (Å²) in [4.78, 5) is 22.9. The van der Waals surface area contributed by atoms with Crippen LogP contribution >= 0.6 is 0 Å². The van der Waals surface area contributed by atoms with Crippen LogP contribution in [0, 0.1) is 5.92 Å². The summed E-state index contributed by atoms with van der Waals surface area (Å²) < 4.78 is 5.33. The maximum absolute atomic E-state index is 11.9. The van der Waals surface area contributed by atoms with Crippen LogP contribution in [-0.2, 0) is 14.3 Å². The molecule has 0 bridgehead atoms. The number of carbonyl (C=O) groups is 2. The molecular weight excluding hydrogens is 234 g/mol. The van der Waals surface area contributed by atoms with Gasteiger partial charge in [-0.3, -0.25) is 9.59 Å². The van der Waals surface area contributed by atoms with Gasteiger partial charge in [-0.2, -0.15) is 0 Å². The lowest BCUT2D eigenvalue weighted by Gasteiger charge is -2.18.